The standard InChI is InChI=1S/C14H16N2O5/c17-8-12(18)16-7-10(6-11(16)14(20)21)15-13(19)9-4-2-1-3-5-9/h1-5,10-11,17H,6-8H2,(H,15,19)(H,20,21). The molecule has 0 spiro atoms. The summed E-state index contributed by atoms with van der Waals surface area (Å²) in [6, 6.07) is 7.07. The average molecular weight is 292 g/mol. The minimum Gasteiger partial charge on any atom is -0.480 e. The minimum absolute atomic E-state index is 0.0783. The van der Waals surface area contributed by atoms with Crippen LogP contribution in [-0.4, -0.2) is 58.1 Å². The maximum atomic E-state index is 12.0. The van der Waals surface area contributed by atoms with E-state index in [4.69, 9.17) is 10.2 Å². The van der Waals surface area contributed by atoms with Crippen LogP contribution in [0.1, 0.15) is 16.8 Å². The average Bonchev–Trinajstić information content (AvgIpc) is 2.91. The lowest BCUT2D eigenvalue weighted by atomic mass is 10.1. The molecule has 2 amide bonds. The van der Waals surface area contributed by atoms with Crippen LogP contribution in [0.4, 0.5) is 0 Å². The molecule has 1 aromatic rings. The molecule has 0 bridgehead atoms. The molecule has 0 aliphatic carbocycles. The normalized spacial score (nSPS) is 21.1. The topological polar surface area (TPSA) is 107 Å². The van der Waals surface area contributed by atoms with Crippen molar-refractivity contribution in [3.63, 3.8) is 0 Å². The quantitative estimate of drug-likeness (QED) is 0.691. The Hall–Kier alpha value is -2.41. The van der Waals surface area contributed by atoms with Gasteiger partial charge in [-0.05, 0) is 12.1 Å². The fourth-order valence-electron chi connectivity index (χ4n) is 2.40. The minimum atomic E-state index is -1.15. The SMILES string of the molecule is O=C(NC1CC(C(=O)O)N(C(=O)CO)C1)c1ccccc1. The molecule has 2 rings (SSSR count). The van der Waals surface area contributed by atoms with E-state index < -0.39 is 30.6 Å². The molecule has 0 saturated carbocycles. The number of benzene rings is 1. The highest BCUT2D eigenvalue weighted by molar-refractivity contribution is 5.94. The third kappa shape index (κ3) is 3.38. The predicted molar refractivity (Wildman–Crippen MR) is 72.5 cm³/mol. The van der Waals surface area contributed by atoms with E-state index in [1.165, 1.54) is 0 Å². The van der Waals surface area contributed by atoms with Crippen molar-refractivity contribution in [3.05, 3.63) is 35.9 Å². The smallest absolute Gasteiger partial charge is 0.326 e. The lowest BCUT2D eigenvalue weighted by molar-refractivity contribution is -0.149. The number of amides is 2. The van der Waals surface area contributed by atoms with Gasteiger partial charge in [-0.1, -0.05) is 18.2 Å². The first-order valence-corrected chi connectivity index (χ1v) is 6.52. The number of hydrogen-bond donors (Lipinski definition) is 3. The van der Waals surface area contributed by atoms with Gasteiger partial charge in [0.15, 0.2) is 0 Å². The van der Waals surface area contributed by atoms with E-state index in [1.54, 1.807) is 30.3 Å². The van der Waals surface area contributed by atoms with Crippen LogP contribution in [0.5, 0.6) is 0 Å². The number of carboxylic acids is 1. The van der Waals surface area contributed by atoms with Gasteiger partial charge < -0.3 is 20.4 Å². The van der Waals surface area contributed by atoms with Crippen molar-refractivity contribution in [2.45, 2.75) is 18.5 Å². The third-order valence-electron chi connectivity index (χ3n) is 3.41. The largest absolute Gasteiger partial charge is 0.480 e. The predicted octanol–water partition coefficient (Wildman–Crippen LogP) is -0.537. The maximum Gasteiger partial charge on any atom is 0.326 e. The second-order valence-electron chi connectivity index (χ2n) is 4.83. The Morgan fingerprint density at radius 2 is 1.90 bits per heavy atom. The van der Waals surface area contributed by atoms with Crippen LogP contribution in [0.3, 0.4) is 0 Å². The number of aliphatic hydroxyl groups is 1. The summed E-state index contributed by atoms with van der Waals surface area (Å²) in [7, 11) is 0. The Balaban J connectivity index is 2.04. The Morgan fingerprint density at radius 1 is 1.24 bits per heavy atom. The van der Waals surface area contributed by atoms with Crippen LogP contribution in [-0.2, 0) is 9.59 Å². The van der Waals surface area contributed by atoms with Gasteiger partial charge in [0, 0.05) is 24.6 Å². The molecule has 1 saturated heterocycles. The fourth-order valence-corrected chi connectivity index (χ4v) is 2.40. The molecule has 2 atom stereocenters. The molecule has 7 nitrogen and oxygen atoms in total. The lowest BCUT2D eigenvalue weighted by Crippen LogP contribution is -2.42. The Kier molecular flexibility index (Phi) is 4.54. The molecule has 1 heterocycles. The van der Waals surface area contributed by atoms with Gasteiger partial charge >= 0.3 is 5.97 Å². The van der Waals surface area contributed by atoms with E-state index in [1.807, 2.05) is 0 Å². The summed E-state index contributed by atoms with van der Waals surface area (Å²) in [5.74, 6) is -2.12. The molecular weight excluding hydrogens is 276 g/mol. The van der Waals surface area contributed by atoms with Gasteiger partial charge in [-0.25, -0.2) is 4.79 Å². The summed E-state index contributed by atoms with van der Waals surface area (Å²) in [6.45, 7) is -0.669. The summed E-state index contributed by atoms with van der Waals surface area (Å²) >= 11 is 0. The van der Waals surface area contributed by atoms with E-state index in [2.05, 4.69) is 5.32 Å². The highest BCUT2D eigenvalue weighted by Crippen LogP contribution is 2.19. The van der Waals surface area contributed by atoms with Crippen LogP contribution in [0.15, 0.2) is 30.3 Å². The van der Waals surface area contributed by atoms with Crippen molar-refractivity contribution >= 4 is 17.8 Å². The van der Waals surface area contributed by atoms with Crippen LogP contribution < -0.4 is 5.32 Å². The number of likely N-dealkylation sites (tertiary alicyclic amines) is 1. The molecule has 112 valence electrons. The van der Waals surface area contributed by atoms with Crippen molar-refractivity contribution in [2.75, 3.05) is 13.2 Å². The van der Waals surface area contributed by atoms with Gasteiger partial charge in [-0.2, -0.15) is 0 Å². The highest BCUT2D eigenvalue weighted by Gasteiger charge is 2.39. The Labute approximate surface area is 121 Å². The number of rotatable bonds is 4. The highest BCUT2D eigenvalue weighted by atomic mass is 16.4. The van der Waals surface area contributed by atoms with E-state index in [9.17, 15) is 14.4 Å². The molecule has 0 aromatic heterocycles. The van der Waals surface area contributed by atoms with Crippen molar-refractivity contribution in [3.8, 4) is 0 Å². The zero-order valence-electron chi connectivity index (χ0n) is 11.2. The van der Waals surface area contributed by atoms with Gasteiger partial charge in [0.1, 0.15) is 12.6 Å². The molecule has 7 heteroatoms. The number of aliphatic hydroxyl groups excluding tert-OH is 1. The first-order valence-electron chi connectivity index (χ1n) is 6.52. The second-order valence-corrected chi connectivity index (χ2v) is 4.83. The summed E-state index contributed by atoms with van der Waals surface area (Å²) in [5.41, 5.74) is 0.469. The molecule has 1 fully saturated rings. The first-order chi connectivity index (χ1) is 10.0. The first kappa shape index (κ1) is 15.0. The number of hydrogen-bond acceptors (Lipinski definition) is 4. The zero-order chi connectivity index (χ0) is 15.4. The van der Waals surface area contributed by atoms with E-state index >= 15 is 0 Å². The number of carbonyl (C=O) groups excluding carboxylic acids is 2. The summed E-state index contributed by atoms with van der Waals surface area (Å²) in [5, 5.41) is 20.7. The molecule has 1 aliphatic heterocycles. The number of carboxylic acid groups (broad SMARTS) is 1. The molecule has 1 aliphatic rings. The lowest BCUT2D eigenvalue weighted by Gasteiger charge is -2.20. The Morgan fingerprint density at radius 3 is 2.48 bits per heavy atom. The third-order valence-corrected chi connectivity index (χ3v) is 3.41. The molecule has 2 unspecified atom stereocenters. The Bertz CT molecular complexity index is 546. The summed E-state index contributed by atoms with van der Waals surface area (Å²) < 4.78 is 0. The van der Waals surface area contributed by atoms with Gasteiger partial charge in [-0.15, -0.1) is 0 Å². The van der Waals surface area contributed by atoms with Gasteiger partial charge in [0.05, 0.1) is 0 Å². The van der Waals surface area contributed by atoms with Crippen LogP contribution in [0, 0.1) is 0 Å². The van der Waals surface area contributed by atoms with E-state index in [0.29, 0.717) is 5.56 Å². The van der Waals surface area contributed by atoms with E-state index in [-0.39, 0.29) is 18.9 Å². The molecular formula is C14H16N2O5. The van der Waals surface area contributed by atoms with Crippen molar-refractivity contribution < 1.29 is 24.6 Å². The molecule has 0 radical (unpaired) electrons. The monoisotopic (exact) mass is 292 g/mol. The van der Waals surface area contributed by atoms with E-state index in [0.717, 1.165) is 4.90 Å². The molecule has 3 N–H and O–H groups in total. The summed E-state index contributed by atoms with van der Waals surface area (Å²) in [6.07, 6.45) is 0.125. The van der Waals surface area contributed by atoms with Gasteiger partial charge in [0.25, 0.3) is 5.91 Å². The van der Waals surface area contributed by atoms with Crippen molar-refractivity contribution in [2.24, 2.45) is 0 Å². The molecule has 21 heavy (non-hydrogen) atoms. The number of nitrogens with zero attached hydrogens (tertiary/aromatic N) is 1. The van der Waals surface area contributed by atoms with Crippen molar-refractivity contribution in [1.82, 2.24) is 10.2 Å². The zero-order valence-corrected chi connectivity index (χ0v) is 11.2. The fraction of sp³-hybridized carbons (Fsp3) is 0.357. The van der Waals surface area contributed by atoms with Crippen LogP contribution >= 0.6 is 0 Å². The maximum absolute atomic E-state index is 12.0. The van der Waals surface area contributed by atoms with Gasteiger partial charge in [-0.3, -0.25) is 9.59 Å². The summed E-state index contributed by atoms with van der Waals surface area (Å²) in [4.78, 5) is 35.8. The van der Waals surface area contributed by atoms with Crippen LogP contribution in [0.25, 0.3) is 0 Å². The number of aliphatic carboxylic acids is 1. The second kappa shape index (κ2) is 6.36. The van der Waals surface area contributed by atoms with Crippen LogP contribution in [0.2, 0.25) is 0 Å². The van der Waals surface area contributed by atoms with Crippen molar-refractivity contribution in [1.29, 1.82) is 0 Å². The van der Waals surface area contributed by atoms with Gasteiger partial charge in [0.2, 0.25) is 5.91 Å². The number of carbonyl (C=O) groups is 3. The molecule has 1 aromatic carbocycles. The number of nitrogens with one attached hydrogen (secondary N) is 1.